The van der Waals surface area contributed by atoms with Crippen LogP contribution in [0.2, 0.25) is 0 Å². The van der Waals surface area contributed by atoms with Crippen molar-refractivity contribution in [2.24, 2.45) is 17.7 Å². The van der Waals surface area contributed by atoms with Crippen LogP contribution >= 0.6 is 0 Å². The zero-order valence-electron chi connectivity index (χ0n) is 12.9. The Labute approximate surface area is 121 Å². The largest absolute Gasteiger partial charge is 0.370 e. The van der Waals surface area contributed by atoms with Crippen LogP contribution in [0, 0.1) is 25.7 Å². The van der Waals surface area contributed by atoms with Crippen molar-refractivity contribution in [3.63, 3.8) is 0 Å². The van der Waals surface area contributed by atoms with E-state index < -0.39 is 0 Å². The van der Waals surface area contributed by atoms with Crippen LogP contribution in [0.4, 0.5) is 11.6 Å². The summed E-state index contributed by atoms with van der Waals surface area (Å²) >= 11 is 0. The Hall–Kier alpha value is -1.36. The van der Waals surface area contributed by atoms with Crippen LogP contribution < -0.4 is 16.6 Å². The van der Waals surface area contributed by atoms with Crippen molar-refractivity contribution in [2.75, 3.05) is 17.3 Å². The summed E-state index contributed by atoms with van der Waals surface area (Å²) in [5, 5.41) is 3.44. The second-order valence-electron chi connectivity index (χ2n) is 6.08. The van der Waals surface area contributed by atoms with Crippen molar-refractivity contribution < 1.29 is 0 Å². The average molecular weight is 277 g/mol. The summed E-state index contributed by atoms with van der Waals surface area (Å²) < 4.78 is 0. The first-order valence-electron chi connectivity index (χ1n) is 7.66. The molecule has 5 heteroatoms. The first-order chi connectivity index (χ1) is 9.60. The summed E-state index contributed by atoms with van der Waals surface area (Å²) in [7, 11) is 0. The van der Waals surface area contributed by atoms with Gasteiger partial charge in [0, 0.05) is 12.1 Å². The Kier molecular flexibility index (Phi) is 5.17. The molecule has 0 bridgehead atoms. The molecule has 1 aromatic heterocycles. The Bertz CT molecular complexity index is 438. The molecule has 0 aliphatic heterocycles. The molecule has 0 spiro atoms. The molecule has 0 aromatic carbocycles. The van der Waals surface area contributed by atoms with E-state index in [1.54, 1.807) is 0 Å². The minimum atomic E-state index is 0.700. The van der Waals surface area contributed by atoms with Crippen molar-refractivity contribution >= 4 is 11.6 Å². The van der Waals surface area contributed by atoms with Crippen LogP contribution in [0.15, 0.2) is 0 Å². The normalized spacial score (nSPS) is 22.6. The van der Waals surface area contributed by atoms with Gasteiger partial charge in [-0.05, 0) is 32.1 Å². The maximum Gasteiger partial charge on any atom is 0.148 e. The number of aromatic nitrogens is 2. The minimum absolute atomic E-state index is 0.700. The molecule has 0 amide bonds. The van der Waals surface area contributed by atoms with Crippen LogP contribution in [-0.2, 0) is 0 Å². The molecule has 1 aliphatic carbocycles. The molecule has 0 saturated heterocycles. The molecule has 4 N–H and O–H groups in total. The van der Waals surface area contributed by atoms with Crippen LogP contribution in [0.3, 0.4) is 0 Å². The summed E-state index contributed by atoms with van der Waals surface area (Å²) in [6, 6.07) is 0. The van der Waals surface area contributed by atoms with Crippen molar-refractivity contribution in [3.05, 3.63) is 11.4 Å². The molecule has 0 radical (unpaired) electrons. The molecule has 0 unspecified atom stereocenters. The Morgan fingerprint density at radius 2 is 1.75 bits per heavy atom. The molecule has 1 saturated carbocycles. The highest BCUT2D eigenvalue weighted by molar-refractivity contribution is 5.56. The Morgan fingerprint density at radius 3 is 2.40 bits per heavy atom. The van der Waals surface area contributed by atoms with E-state index in [1.807, 2.05) is 13.8 Å². The number of hydrazine groups is 1. The predicted octanol–water partition coefficient (Wildman–Crippen LogP) is 3.01. The molecular formula is C15H27N5. The predicted molar refractivity (Wildman–Crippen MR) is 83.5 cm³/mol. The third kappa shape index (κ3) is 3.82. The summed E-state index contributed by atoms with van der Waals surface area (Å²) in [5.74, 6) is 9.60. The lowest BCUT2D eigenvalue weighted by Crippen LogP contribution is -2.17. The highest BCUT2D eigenvalue weighted by Gasteiger charge is 2.18. The topological polar surface area (TPSA) is 75.9 Å². The van der Waals surface area contributed by atoms with E-state index in [2.05, 4.69) is 27.6 Å². The Balaban J connectivity index is 1.86. The first kappa shape index (κ1) is 15.0. The van der Waals surface area contributed by atoms with Crippen molar-refractivity contribution in [3.8, 4) is 0 Å². The number of nitrogens with zero attached hydrogens (tertiary/aromatic N) is 2. The zero-order valence-corrected chi connectivity index (χ0v) is 12.9. The molecule has 1 fully saturated rings. The lowest BCUT2D eigenvalue weighted by atomic mass is 9.81. The molecule has 5 nitrogen and oxygen atoms in total. The van der Waals surface area contributed by atoms with Gasteiger partial charge in [0.1, 0.15) is 17.5 Å². The zero-order chi connectivity index (χ0) is 14.5. The van der Waals surface area contributed by atoms with Gasteiger partial charge in [-0.3, -0.25) is 0 Å². The number of anilines is 2. The van der Waals surface area contributed by atoms with Gasteiger partial charge in [0.05, 0.1) is 0 Å². The van der Waals surface area contributed by atoms with E-state index in [-0.39, 0.29) is 0 Å². The number of nitrogen functional groups attached to an aromatic ring is 1. The highest BCUT2D eigenvalue weighted by Crippen LogP contribution is 2.30. The Morgan fingerprint density at radius 1 is 1.10 bits per heavy atom. The fourth-order valence-electron chi connectivity index (χ4n) is 2.95. The van der Waals surface area contributed by atoms with Gasteiger partial charge in [0.15, 0.2) is 0 Å². The van der Waals surface area contributed by atoms with Crippen molar-refractivity contribution in [1.29, 1.82) is 0 Å². The van der Waals surface area contributed by atoms with Gasteiger partial charge in [-0.2, -0.15) is 0 Å². The van der Waals surface area contributed by atoms with Gasteiger partial charge in [0.2, 0.25) is 0 Å². The van der Waals surface area contributed by atoms with Gasteiger partial charge in [-0.1, -0.05) is 32.6 Å². The number of rotatable bonds is 5. The lowest BCUT2D eigenvalue weighted by molar-refractivity contribution is 0.282. The summed E-state index contributed by atoms with van der Waals surface area (Å²) in [5.41, 5.74) is 3.61. The number of hydrogen-bond donors (Lipinski definition) is 3. The minimum Gasteiger partial charge on any atom is -0.370 e. The standard InChI is InChI=1S/C15H27N5/c1-10-4-6-13(7-5-10)8-9-17-14-11(2)15(20-16)19-12(3)18-14/h10,13H,4-9,16H2,1-3H3,(H2,17,18,19,20). The third-order valence-corrected chi connectivity index (χ3v) is 4.37. The molecule has 1 aliphatic rings. The summed E-state index contributed by atoms with van der Waals surface area (Å²) in [6.45, 7) is 7.20. The monoisotopic (exact) mass is 277 g/mol. The second-order valence-corrected chi connectivity index (χ2v) is 6.08. The molecule has 112 valence electrons. The number of aryl methyl sites for hydroxylation is 1. The number of nitrogens with one attached hydrogen (secondary N) is 2. The molecule has 1 aromatic rings. The molecular weight excluding hydrogens is 250 g/mol. The molecule has 1 heterocycles. The van der Waals surface area contributed by atoms with E-state index >= 15 is 0 Å². The average Bonchev–Trinajstić information content (AvgIpc) is 2.44. The van der Waals surface area contributed by atoms with Gasteiger partial charge < -0.3 is 10.7 Å². The highest BCUT2D eigenvalue weighted by atomic mass is 15.3. The number of hydrogen-bond acceptors (Lipinski definition) is 5. The maximum absolute atomic E-state index is 5.48. The van der Waals surface area contributed by atoms with E-state index in [0.717, 1.165) is 35.6 Å². The summed E-state index contributed by atoms with van der Waals surface area (Å²) in [4.78, 5) is 8.73. The van der Waals surface area contributed by atoms with Gasteiger partial charge >= 0.3 is 0 Å². The quantitative estimate of drug-likeness (QED) is 0.570. The van der Waals surface area contributed by atoms with Gasteiger partial charge in [0.25, 0.3) is 0 Å². The third-order valence-electron chi connectivity index (χ3n) is 4.37. The summed E-state index contributed by atoms with van der Waals surface area (Å²) in [6.07, 6.45) is 6.75. The van der Waals surface area contributed by atoms with Crippen molar-refractivity contribution in [2.45, 2.75) is 52.9 Å². The number of nitrogens with two attached hydrogens (primary N) is 1. The fraction of sp³-hybridized carbons (Fsp3) is 0.733. The van der Waals surface area contributed by atoms with Gasteiger partial charge in [-0.25, -0.2) is 15.8 Å². The fourth-order valence-corrected chi connectivity index (χ4v) is 2.95. The van der Waals surface area contributed by atoms with Crippen LogP contribution in [0.5, 0.6) is 0 Å². The maximum atomic E-state index is 5.48. The van der Waals surface area contributed by atoms with Crippen LogP contribution in [0.1, 0.15) is 50.4 Å². The first-order valence-corrected chi connectivity index (χ1v) is 7.66. The van der Waals surface area contributed by atoms with E-state index in [1.165, 1.54) is 32.1 Å². The second kappa shape index (κ2) is 6.88. The van der Waals surface area contributed by atoms with Crippen LogP contribution in [-0.4, -0.2) is 16.5 Å². The van der Waals surface area contributed by atoms with E-state index in [0.29, 0.717) is 5.82 Å². The van der Waals surface area contributed by atoms with Crippen molar-refractivity contribution in [1.82, 2.24) is 9.97 Å². The van der Waals surface area contributed by atoms with E-state index in [4.69, 9.17) is 5.84 Å². The smallest absolute Gasteiger partial charge is 0.148 e. The SMILES string of the molecule is Cc1nc(NN)c(C)c(NCCC2CCC(C)CC2)n1. The molecule has 0 atom stereocenters. The van der Waals surface area contributed by atoms with Crippen LogP contribution in [0.25, 0.3) is 0 Å². The van der Waals surface area contributed by atoms with Gasteiger partial charge in [-0.15, -0.1) is 0 Å². The van der Waals surface area contributed by atoms with E-state index in [9.17, 15) is 0 Å². The molecule has 20 heavy (non-hydrogen) atoms. The lowest BCUT2D eigenvalue weighted by Gasteiger charge is -2.26. The molecule has 2 rings (SSSR count).